The van der Waals surface area contributed by atoms with Crippen LogP contribution in [-0.4, -0.2) is 31.0 Å². The number of benzene rings is 1. The summed E-state index contributed by atoms with van der Waals surface area (Å²) in [5.41, 5.74) is 6.84. The normalized spacial score (nSPS) is 17.1. The molecule has 0 bridgehead atoms. The monoisotopic (exact) mass is 330 g/mol. The van der Waals surface area contributed by atoms with Crippen LogP contribution in [0.4, 0.5) is 0 Å². The number of thioether (sulfide) groups is 1. The minimum Gasteiger partial charge on any atom is -0.389 e. The average Bonchev–Trinajstić information content (AvgIpc) is 2.39. The Kier molecular flexibility index (Phi) is 5.06. The Bertz CT molecular complexity index is 608. The molecule has 1 aliphatic rings. The Morgan fingerprint density at radius 2 is 2.05 bits per heavy atom. The van der Waals surface area contributed by atoms with Crippen LogP contribution in [0, 0.1) is 6.92 Å². The van der Waals surface area contributed by atoms with Crippen molar-refractivity contribution in [3.63, 3.8) is 0 Å². The first-order valence-corrected chi connectivity index (χ1v) is 9.45. The van der Waals surface area contributed by atoms with Crippen LogP contribution in [0.25, 0.3) is 0 Å². The van der Waals surface area contributed by atoms with Gasteiger partial charge in [0.1, 0.15) is 4.99 Å². The van der Waals surface area contributed by atoms with Crippen molar-refractivity contribution < 1.29 is 8.42 Å². The second kappa shape index (κ2) is 6.43. The molecule has 0 aromatic heterocycles. The highest BCUT2D eigenvalue weighted by Gasteiger charge is 2.23. The van der Waals surface area contributed by atoms with Crippen molar-refractivity contribution in [2.75, 3.05) is 11.5 Å². The van der Waals surface area contributed by atoms with E-state index in [4.69, 9.17) is 18.0 Å². The molecule has 1 aromatic carbocycles. The Labute approximate surface area is 129 Å². The molecule has 1 heterocycles. The lowest BCUT2D eigenvalue weighted by Gasteiger charge is -2.23. The number of thiocarbonyl (C=S) groups is 1. The number of rotatable bonds is 4. The minimum atomic E-state index is -3.52. The molecule has 0 unspecified atom stereocenters. The lowest BCUT2D eigenvalue weighted by Crippen LogP contribution is -2.37. The molecule has 0 radical (unpaired) electrons. The predicted molar refractivity (Wildman–Crippen MR) is 87.7 cm³/mol. The minimum absolute atomic E-state index is 0.0223. The van der Waals surface area contributed by atoms with Gasteiger partial charge in [0.15, 0.2) is 0 Å². The first kappa shape index (κ1) is 15.8. The zero-order chi connectivity index (χ0) is 14.8. The van der Waals surface area contributed by atoms with Gasteiger partial charge in [0, 0.05) is 11.6 Å². The van der Waals surface area contributed by atoms with Crippen LogP contribution in [0.5, 0.6) is 0 Å². The highest BCUT2D eigenvalue weighted by Crippen LogP contribution is 2.21. The second-order valence-electron chi connectivity index (χ2n) is 4.85. The SMILES string of the molecule is Cc1ccc(C(N)=S)cc1S(=O)(=O)NC1CCSCC1. The molecule has 3 N–H and O–H groups in total. The van der Waals surface area contributed by atoms with Crippen LogP contribution in [-0.2, 0) is 10.0 Å². The van der Waals surface area contributed by atoms with Crippen molar-refractivity contribution in [3.8, 4) is 0 Å². The fourth-order valence-corrected chi connectivity index (χ4v) is 4.95. The maximum absolute atomic E-state index is 12.5. The van der Waals surface area contributed by atoms with E-state index in [2.05, 4.69) is 4.72 Å². The van der Waals surface area contributed by atoms with Gasteiger partial charge in [0.05, 0.1) is 4.90 Å². The summed E-state index contributed by atoms with van der Waals surface area (Å²) in [6, 6.07) is 5.06. The zero-order valence-corrected chi connectivity index (χ0v) is 13.7. The van der Waals surface area contributed by atoms with E-state index in [1.165, 1.54) is 0 Å². The largest absolute Gasteiger partial charge is 0.389 e. The first-order valence-electron chi connectivity index (χ1n) is 6.40. The molecule has 1 saturated heterocycles. The van der Waals surface area contributed by atoms with E-state index in [0.29, 0.717) is 11.1 Å². The molecule has 4 nitrogen and oxygen atoms in total. The molecule has 0 amide bonds. The first-order chi connectivity index (χ1) is 9.40. The van der Waals surface area contributed by atoms with Crippen molar-refractivity contribution >= 4 is 39.0 Å². The summed E-state index contributed by atoms with van der Waals surface area (Å²) in [6.07, 6.45) is 1.75. The van der Waals surface area contributed by atoms with E-state index in [9.17, 15) is 8.42 Å². The maximum atomic E-state index is 12.5. The third kappa shape index (κ3) is 3.72. The van der Waals surface area contributed by atoms with Crippen molar-refractivity contribution in [2.45, 2.75) is 30.7 Å². The molecule has 1 fully saturated rings. The summed E-state index contributed by atoms with van der Waals surface area (Å²) in [5, 5.41) is 0. The van der Waals surface area contributed by atoms with E-state index >= 15 is 0 Å². The van der Waals surface area contributed by atoms with Gasteiger partial charge < -0.3 is 5.73 Å². The van der Waals surface area contributed by atoms with Gasteiger partial charge in [-0.25, -0.2) is 13.1 Å². The maximum Gasteiger partial charge on any atom is 0.241 e. The molecule has 7 heteroatoms. The van der Waals surface area contributed by atoms with Gasteiger partial charge >= 0.3 is 0 Å². The molecule has 1 aromatic rings. The standard InChI is InChI=1S/C13H18N2O2S3/c1-9-2-3-10(13(14)18)8-12(9)20(16,17)15-11-4-6-19-7-5-11/h2-3,8,11,15H,4-7H2,1H3,(H2,14,18). The molecule has 20 heavy (non-hydrogen) atoms. The van der Waals surface area contributed by atoms with Crippen LogP contribution in [0.2, 0.25) is 0 Å². The fourth-order valence-electron chi connectivity index (χ4n) is 2.14. The molecule has 2 rings (SSSR count). The van der Waals surface area contributed by atoms with Crippen LogP contribution < -0.4 is 10.5 Å². The Morgan fingerprint density at radius 3 is 2.65 bits per heavy atom. The summed E-state index contributed by atoms with van der Waals surface area (Å²) in [5.74, 6) is 2.00. The summed E-state index contributed by atoms with van der Waals surface area (Å²) >= 11 is 6.77. The van der Waals surface area contributed by atoms with E-state index < -0.39 is 10.0 Å². The van der Waals surface area contributed by atoms with Crippen molar-refractivity contribution in [3.05, 3.63) is 29.3 Å². The lowest BCUT2D eigenvalue weighted by molar-refractivity contribution is 0.528. The number of aryl methyl sites for hydroxylation is 1. The van der Waals surface area contributed by atoms with Crippen molar-refractivity contribution in [1.29, 1.82) is 0 Å². The number of sulfonamides is 1. The highest BCUT2D eigenvalue weighted by atomic mass is 32.2. The van der Waals surface area contributed by atoms with Crippen molar-refractivity contribution in [2.24, 2.45) is 5.73 Å². The Morgan fingerprint density at radius 1 is 1.40 bits per heavy atom. The number of nitrogens with one attached hydrogen (secondary N) is 1. The molecular weight excluding hydrogens is 312 g/mol. The third-order valence-corrected chi connectivity index (χ3v) is 6.25. The van der Waals surface area contributed by atoms with Gasteiger partial charge in [-0.3, -0.25) is 0 Å². The highest BCUT2D eigenvalue weighted by molar-refractivity contribution is 7.99. The molecule has 1 aliphatic heterocycles. The molecule has 0 atom stereocenters. The van der Waals surface area contributed by atoms with Crippen LogP contribution in [0.15, 0.2) is 23.1 Å². The zero-order valence-electron chi connectivity index (χ0n) is 11.3. The smallest absolute Gasteiger partial charge is 0.241 e. The van der Waals surface area contributed by atoms with E-state index in [1.54, 1.807) is 25.1 Å². The molecule has 0 aliphatic carbocycles. The van der Waals surface area contributed by atoms with Gasteiger partial charge in [-0.05, 0) is 42.9 Å². The van der Waals surface area contributed by atoms with Crippen LogP contribution >= 0.6 is 24.0 Å². The van der Waals surface area contributed by atoms with Crippen molar-refractivity contribution in [1.82, 2.24) is 4.72 Å². The number of nitrogens with two attached hydrogens (primary N) is 1. The second-order valence-corrected chi connectivity index (χ2v) is 8.20. The summed E-state index contributed by atoms with van der Waals surface area (Å²) in [4.78, 5) is 0.469. The predicted octanol–water partition coefficient (Wildman–Crippen LogP) is 1.80. The Hall–Kier alpha value is -0.630. The van der Waals surface area contributed by atoms with E-state index in [0.717, 1.165) is 24.3 Å². The summed E-state index contributed by atoms with van der Waals surface area (Å²) in [7, 11) is -3.52. The molecular formula is C13H18N2O2S3. The van der Waals surface area contributed by atoms with Gasteiger partial charge in [0.2, 0.25) is 10.0 Å². The molecule has 0 spiro atoms. The molecule has 110 valence electrons. The number of hydrogen-bond donors (Lipinski definition) is 2. The average molecular weight is 331 g/mol. The lowest BCUT2D eigenvalue weighted by atomic mass is 10.1. The quantitative estimate of drug-likeness (QED) is 0.824. The van der Waals surface area contributed by atoms with E-state index in [1.807, 2.05) is 11.8 Å². The van der Waals surface area contributed by atoms with Gasteiger partial charge in [0.25, 0.3) is 0 Å². The fraction of sp³-hybridized carbons (Fsp3) is 0.462. The van der Waals surface area contributed by atoms with Crippen LogP contribution in [0.1, 0.15) is 24.0 Å². The van der Waals surface area contributed by atoms with Gasteiger partial charge in [-0.2, -0.15) is 11.8 Å². The van der Waals surface area contributed by atoms with Crippen LogP contribution in [0.3, 0.4) is 0 Å². The number of hydrogen-bond acceptors (Lipinski definition) is 4. The van der Waals surface area contributed by atoms with Gasteiger partial charge in [-0.15, -0.1) is 0 Å². The summed E-state index contributed by atoms with van der Waals surface area (Å²) < 4.78 is 27.8. The third-order valence-electron chi connectivity index (χ3n) is 3.31. The summed E-state index contributed by atoms with van der Waals surface area (Å²) in [6.45, 7) is 1.77. The molecule has 0 saturated carbocycles. The van der Waals surface area contributed by atoms with E-state index in [-0.39, 0.29) is 15.9 Å². The Balaban J connectivity index is 2.28. The topological polar surface area (TPSA) is 72.2 Å². The van der Waals surface area contributed by atoms with Gasteiger partial charge in [-0.1, -0.05) is 24.4 Å².